The summed E-state index contributed by atoms with van der Waals surface area (Å²) in [6, 6.07) is 27.6. The highest BCUT2D eigenvalue weighted by Gasteiger charge is 2.19. The monoisotopic (exact) mass is 403 g/mol. The van der Waals surface area contributed by atoms with Crippen molar-refractivity contribution in [3.8, 4) is 0 Å². The Morgan fingerprint density at radius 2 is 1.48 bits per heavy atom. The van der Waals surface area contributed by atoms with E-state index in [-0.39, 0.29) is 12.4 Å². The summed E-state index contributed by atoms with van der Waals surface area (Å²) in [5.74, 6) is 0.541. The molecule has 1 N–H and O–H groups in total. The molecule has 0 aliphatic heterocycles. The first kappa shape index (κ1) is 19.2. The summed E-state index contributed by atoms with van der Waals surface area (Å²) in [6.45, 7) is -0.110. The highest BCUT2D eigenvalue weighted by Crippen LogP contribution is 2.30. The van der Waals surface area contributed by atoms with E-state index in [1.54, 1.807) is 0 Å². The van der Waals surface area contributed by atoms with Gasteiger partial charge in [-0.05, 0) is 23.3 Å². The zero-order valence-corrected chi connectivity index (χ0v) is 16.6. The lowest BCUT2D eigenvalue weighted by Gasteiger charge is -2.17. The van der Waals surface area contributed by atoms with Gasteiger partial charge in [-0.1, -0.05) is 78.0 Å². The Hall–Kier alpha value is -3.09. The molecule has 0 bridgehead atoms. The van der Waals surface area contributed by atoms with Gasteiger partial charge in [0, 0.05) is 22.1 Å². The van der Waals surface area contributed by atoms with Crippen LogP contribution in [-0.2, 0) is 10.8 Å². The first-order chi connectivity index (χ1) is 14.3. The van der Waals surface area contributed by atoms with Crippen LogP contribution in [0.5, 0.6) is 0 Å². The predicted octanol–water partition coefficient (Wildman–Crippen LogP) is 3.59. The summed E-state index contributed by atoms with van der Waals surface area (Å²) in [5, 5.41) is 18.0. The van der Waals surface area contributed by atoms with Gasteiger partial charge in [0.15, 0.2) is 0 Å². The summed E-state index contributed by atoms with van der Waals surface area (Å²) < 4.78 is 14.5. The Morgan fingerprint density at radius 1 is 0.862 bits per heavy atom. The number of rotatable bonds is 7. The van der Waals surface area contributed by atoms with Crippen molar-refractivity contribution in [2.75, 3.05) is 18.1 Å². The largest absolute Gasteiger partial charge is 0.395 e. The normalized spacial score (nSPS) is 13.3. The molecule has 1 atom stereocenters. The third-order valence-corrected chi connectivity index (χ3v) is 5.89. The molecule has 0 aliphatic rings. The number of benzene rings is 3. The second-order valence-corrected chi connectivity index (χ2v) is 8.14. The average molecular weight is 404 g/mol. The molecule has 0 saturated carbocycles. The van der Waals surface area contributed by atoms with Gasteiger partial charge in [-0.15, -0.1) is 5.10 Å². The van der Waals surface area contributed by atoms with Crippen molar-refractivity contribution in [3.05, 3.63) is 96.1 Å². The number of aliphatic hydroxyl groups is 1. The lowest BCUT2D eigenvalue weighted by molar-refractivity contribution is 0.321. The number of fused-ring (bicyclic) bond motifs is 1. The molecule has 0 radical (unpaired) electrons. The van der Waals surface area contributed by atoms with E-state index in [0.29, 0.717) is 5.75 Å². The quantitative estimate of drug-likeness (QED) is 0.479. The van der Waals surface area contributed by atoms with E-state index in [1.165, 1.54) is 0 Å². The number of aliphatic hydroxyl groups excluding tert-OH is 1. The van der Waals surface area contributed by atoms with Crippen LogP contribution in [-0.4, -0.2) is 42.4 Å². The topological polar surface area (TPSA) is 68.0 Å². The molecule has 5 nitrogen and oxygen atoms in total. The molecular formula is C23H21N3O2S. The van der Waals surface area contributed by atoms with Gasteiger partial charge in [-0.2, -0.15) is 0 Å². The molecular weight excluding hydrogens is 382 g/mol. The van der Waals surface area contributed by atoms with Gasteiger partial charge >= 0.3 is 0 Å². The van der Waals surface area contributed by atoms with E-state index in [9.17, 15) is 9.32 Å². The fraction of sp³-hybridized carbons (Fsp3) is 0.130. The molecule has 4 rings (SSSR count). The molecule has 1 unspecified atom stereocenters. The van der Waals surface area contributed by atoms with Gasteiger partial charge in [0.05, 0.1) is 23.6 Å². The number of nitrogens with zero attached hydrogens (tertiary/aromatic N) is 3. The van der Waals surface area contributed by atoms with Crippen LogP contribution in [0.3, 0.4) is 0 Å². The fourth-order valence-corrected chi connectivity index (χ4v) is 4.29. The predicted molar refractivity (Wildman–Crippen MR) is 118 cm³/mol. The molecule has 3 aromatic carbocycles. The average Bonchev–Trinajstić information content (AvgIpc) is 3.19. The zero-order chi connectivity index (χ0) is 20.1. The first-order valence-electron chi connectivity index (χ1n) is 9.38. The Labute approximate surface area is 171 Å². The third kappa shape index (κ3) is 4.18. The fourth-order valence-electron chi connectivity index (χ4n) is 3.32. The Morgan fingerprint density at radius 3 is 2.17 bits per heavy atom. The van der Waals surface area contributed by atoms with Gasteiger partial charge in [0.1, 0.15) is 5.52 Å². The van der Waals surface area contributed by atoms with Crippen LogP contribution in [0.4, 0.5) is 0 Å². The van der Waals surface area contributed by atoms with Crippen LogP contribution >= 0.6 is 0 Å². The Bertz CT molecular complexity index is 1150. The van der Waals surface area contributed by atoms with Gasteiger partial charge < -0.3 is 5.11 Å². The number of para-hydroxylation sites is 1. The minimum atomic E-state index is -1.21. The van der Waals surface area contributed by atoms with Crippen LogP contribution in [0, 0.1) is 0 Å². The Kier molecular flexibility index (Phi) is 5.93. The smallest absolute Gasteiger partial charge is 0.113 e. The van der Waals surface area contributed by atoms with Crippen LogP contribution in [0.1, 0.15) is 11.1 Å². The molecule has 6 heteroatoms. The highest BCUT2D eigenvalue weighted by molar-refractivity contribution is 7.85. The summed E-state index contributed by atoms with van der Waals surface area (Å²) >= 11 is 0. The van der Waals surface area contributed by atoms with Crippen molar-refractivity contribution in [1.29, 1.82) is 0 Å². The molecule has 0 spiro atoms. The van der Waals surface area contributed by atoms with Crippen LogP contribution in [0.25, 0.3) is 22.3 Å². The molecule has 4 aromatic rings. The second-order valence-electron chi connectivity index (χ2n) is 6.56. The second kappa shape index (κ2) is 8.94. The standard InChI is InChI=1S/C23H21N3O2S/c27-15-16-29(28)17-20(18-9-3-1-4-10-18)23(19-11-5-2-6-12-19)26-22-14-8-7-13-21(22)24-25-26/h1-14,27H,15-17H2/b23-20-. The zero-order valence-electron chi connectivity index (χ0n) is 15.8. The number of hydrogen-bond acceptors (Lipinski definition) is 4. The molecule has 1 heterocycles. The minimum absolute atomic E-state index is 0.110. The number of aromatic nitrogens is 3. The van der Waals surface area contributed by atoms with Crippen molar-refractivity contribution < 1.29 is 9.32 Å². The van der Waals surface area contributed by atoms with E-state index in [1.807, 2.05) is 89.6 Å². The SMILES string of the molecule is O=S(CCO)C/C(=C(\c1ccccc1)n1nnc2ccccc21)c1ccccc1. The lowest BCUT2D eigenvalue weighted by atomic mass is 10.0. The summed E-state index contributed by atoms with van der Waals surface area (Å²) in [6.07, 6.45) is 0. The van der Waals surface area contributed by atoms with E-state index in [2.05, 4.69) is 10.3 Å². The van der Waals surface area contributed by atoms with E-state index in [4.69, 9.17) is 0 Å². The Balaban J connectivity index is 2.01. The van der Waals surface area contributed by atoms with Crippen molar-refractivity contribution in [1.82, 2.24) is 15.0 Å². The number of hydrogen-bond donors (Lipinski definition) is 1. The minimum Gasteiger partial charge on any atom is -0.395 e. The van der Waals surface area contributed by atoms with Crippen LogP contribution in [0.2, 0.25) is 0 Å². The van der Waals surface area contributed by atoms with Crippen LogP contribution < -0.4 is 0 Å². The van der Waals surface area contributed by atoms with Gasteiger partial charge in [0.25, 0.3) is 0 Å². The first-order valence-corrected chi connectivity index (χ1v) is 10.9. The maximum Gasteiger partial charge on any atom is 0.113 e. The van der Waals surface area contributed by atoms with E-state index in [0.717, 1.165) is 33.4 Å². The van der Waals surface area contributed by atoms with Crippen molar-refractivity contribution in [2.24, 2.45) is 0 Å². The summed E-state index contributed by atoms with van der Waals surface area (Å²) in [4.78, 5) is 0. The summed E-state index contributed by atoms with van der Waals surface area (Å²) in [7, 11) is -1.21. The molecule has 29 heavy (non-hydrogen) atoms. The van der Waals surface area contributed by atoms with Gasteiger partial charge in [0.2, 0.25) is 0 Å². The van der Waals surface area contributed by atoms with E-state index < -0.39 is 10.8 Å². The molecule has 0 saturated heterocycles. The van der Waals surface area contributed by atoms with Crippen molar-refractivity contribution in [2.45, 2.75) is 0 Å². The molecule has 1 aromatic heterocycles. The van der Waals surface area contributed by atoms with Crippen LogP contribution in [0.15, 0.2) is 84.9 Å². The molecule has 0 amide bonds. The molecule has 0 aliphatic carbocycles. The van der Waals surface area contributed by atoms with E-state index >= 15 is 0 Å². The highest BCUT2D eigenvalue weighted by atomic mass is 32.2. The van der Waals surface area contributed by atoms with Crippen molar-refractivity contribution in [3.63, 3.8) is 0 Å². The van der Waals surface area contributed by atoms with Gasteiger partial charge in [-0.25, -0.2) is 4.68 Å². The maximum absolute atomic E-state index is 12.7. The van der Waals surface area contributed by atoms with Crippen molar-refractivity contribution >= 4 is 33.1 Å². The maximum atomic E-state index is 12.7. The molecule has 146 valence electrons. The lowest BCUT2D eigenvalue weighted by Crippen LogP contribution is -2.12. The molecule has 0 fully saturated rings. The third-order valence-electron chi connectivity index (χ3n) is 4.64. The summed E-state index contributed by atoms with van der Waals surface area (Å²) in [5.41, 5.74) is 5.36. The van der Waals surface area contributed by atoms with Gasteiger partial charge in [-0.3, -0.25) is 4.21 Å².